The summed E-state index contributed by atoms with van der Waals surface area (Å²) in [5.74, 6) is 0.717. The zero-order valence-corrected chi connectivity index (χ0v) is 18.0. The zero-order chi connectivity index (χ0) is 21.1. The molecule has 0 fully saturated rings. The molecule has 9 nitrogen and oxygen atoms in total. The minimum atomic E-state index is -3.73. The molecule has 0 aliphatic carbocycles. The summed E-state index contributed by atoms with van der Waals surface area (Å²) in [7, 11) is 0.847. The standard InChI is InChI=1S/C17H24ClN5O4S/c1-6-15-20-16(27-21-15)10-23(5)11(2)17(24)19-12-7-8-13(18)14(9-12)28(25,26)22(3)4/h7-9,11H,6,10H2,1-5H3,(H,19,24). The van der Waals surface area contributed by atoms with Crippen LogP contribution in [0.1, 0.15) is 25.6 Å². The van der Waals surface area contributed by atoms with Gasteiger partial charge in [0.05, 0.1) is 17.6 Å². The molecule has 0 saturated carbocycles. The molecule has 1 aromatic heterocycles. The lowest BCUT2D eigenvalue weighted by molar-refractivity contribution is -0.120. The van der Waals surface area contributed by atoms with Crippen molar-refractivity contribution in [2.24, 2.45) is 0 Å². The fourth-order valence-corrected chi connectivity index (χ4v) is 3.66. The number of hydrogen-bond acceptors (Lipinski definition) is 7. The average molecular weight is 430 g/mol. The normalized spacial score (nSPS) is 13.1. The van der Waals surface area contributed by atoms with Crippen LogP contribution in [0.5, 0.6) is 0 Å². The Morgan fingerprint density at radius 1 is 1.32 bits per heavy atom. The van der Waals surface area contributed by atoms with E-state index in [1.165, 1.54) is 26.2 Å². The van der Waals surface area contributed by atoms with Crippen LogP contribution in [0.2, 0.25) is 5.02 Å². The topological polar surface area (TPSA) is 109 Å². The summed E-state index contributed by atoms with van der Waals surface area (Å²) < 4.78 is 30.9. The molecule has 1 atom stereocenters. The quantitative estimate of drug-likeness (QED) is 0.683. The molecular weight excluding hydrogens is 406 g/mol. The number of nitrogens with one attached hydrogen (secondary N) is 1. The van der Waals surface area contributed by atoms with Gasteiger partial charge in [-0.05, 0) is 32.2 Å². The number of halogens is 1. The highest BCUT2D eigenvalue weighted by Gasteiger charge is 2.23. The van der Waals surface area contributed by atoms with Crippen molar-refractivity contribution < 1.29 is 17.7 Å². The molecule has 0 bridgehead atoms. The molecule has 1 unspecified atom stereocenters. The molecule has 11 heteroatoms. The molecule has 2 aromatic rings. The Morgan fingerprint density at radius 2 is 2.00 bits per heavy atom. The van der Waals surface area contributed by atoms with Crippen LogP contribution >= 0.6 is 11.6 Å². The lowest BCUT2D eigenvalue weighted by Crippen LogP contribution is -2.39. The van der Waals surface area contributed by atoms with Gasteiger partial charge in [0.2, 0.25) is 21.8 Å². The summed E-state index contributed by atoms with van der Waals surface area (Å²) in [5.41, 5.74) is 0.334. The van der Waals surface area contributed by atoms with E-state index in [0.717, 1.165) is 4.31 Å². The van der Waals surface area contributed by atoms with Gasteiger partial charge in [0.15, 0.2) is 5.82 Å². The molecule has 0 radical (unpaired) electrons. The van der Waals surface area contributed by atoms with Crippen LogP contribution in [0.15, 0.2) is 27.6 Å². The number of benzene rings is 1. The lowest BCUT2D eigenvalue weighted by atomic mass is 10.2. The molecule has 0 aliphatic heterocycles. The van der Waals surface area contributed by atoms with E-state index >= 15 is 0 Å². The third-order valence-electron chi connectivity index (χ3n) is 4.21. The number of carbonyl (C=O) groups excluding carboxylic acids is 1. The first-order valence-electron chi connectivity index (χ1n) is 8.60. The molecule has 0 saturated heterocycles. The number of aryl methyl sites for hydroxylation is 1. The Labute approximate surface area is 169 Å². The van der Waals surface area contributed by atoms with Gasteiger partial charge in [0.25, 0.3) is 0 Å². The molecule has 0 spiro atoms. The highest BCUT2D eigenvalue weighted by atomic mass is 35.5. The minimum Gasteiger partial charge on any atom is -0.338 e. The van der Waals surface area contributed by atoms with Crippen LogP contribution in [0.25, 0.3) is 0 Å². The van der Waals surface area contributed by atoms with Crippen molar-refractivity contribution in [1.29, 1.82) is 0 Å². The molecule has 28 heavy (non-hydrogen) atoms. The van der Waals surface area contributed by atoms with Crippen molar-refractivity contribution in [2.75, 3.05) is 26.5 Å². The van der Waals surface area contributed by atoms with E-state index in [1.807, 2.05) is 6.92 Å². The number of sulfonamides is 1. The van der Waals surface area contributed by atoms with E-state index in [9.17, 15) is 13.2 Å². The van der Waals surface area contributed by atoms with Crippen molar-refractivity contribution in [3.8, 4) is 0 Å². The predicted octanol–water partition coefficient (Wildman–Crippen LogP) is 1.99. The minimum absolute atomic E-state index is 0.0732. The second kappa shape index (κ2) is 8.99. The molecule has 1 amide bonds. The summed E-state index contributed by atoms with van der Waals surface area (Å²) >= 11 is 6.03. The number of likely N-dealkylation sites (N-methyl/N-ethyl adjacent to an activating group) is 1. The summed E-state index contributed by atoms with van der Waals surface area (Å²) in [5, 5.41) is 6.63. The SMILES string of the molecule is CCc1noc(CN(C)C(C)C(=O)Nc2ccc(Cl)c(S(=O)(=O)N(C)C)c2)n1. The third kappa shape index (κ3) is 5.07. The van der Waals surface area contributed by atoms with Gasteiger partial charge in [-0.3, -0.25) is 9.69 Å². The van der Waals surface area contributed by atoms with E-state index in [1.54, 1.807) is 24.9 Å². The van der Waals surface area contributed by atoms with Gasteiger partial charge >= 0.3 is 0 Å². The highest BCUT2D eigenvalue weighted by molar-refractivity contribution is 7.89. The van der Waals surface area contributed by atoms with Crippen LogP contribution in [-0.2, 0) is 27.8 Å². The number of rotatable bonds is 8. The number of aromatic nitrogens is 2. The second-order valence-corrected chi connectivity index (χ2v) is 9.00. The van der Waals surface area contributed by atoms with Crippen LogP contribution < -0.4 is 5.32 Å². The maximum absolute atomic E-state index is 12.6. The average Bonchev–Trinajstić information content (AvgIpc) is 3.09. The summed E-state index contributed by atoms with van der Waals surface area (Å²) in [6.07, 6.45) is 0.665. The van der Waals surface area contributed by atoms with Gasteiger partial charge in [-0.2, -0.15) is 4.98 Å². The number of amides is 1. The monoisotopic (exact) mass is 429 g/mol. The van der Waals surface area contributed by atoms with Crippen molar-refractivity contribution in [3.05, 3.63) is 34.9 Å². The first-order valence-corrected chi connectivity index (χ1v) is 10.4. The first-order chi connectivity index (χ1) is 13.1. The van der Waals surface area contributed by atoms with Crippen LogP contribution in [-0.4, -0.2) is 60.9 Å². The van der Waals surface area contributed by atoms with Crippen molar-refractivity contribution in [2.45, 2.75) is 37.8 Å². The van der Waals surface area contributed by atoms with Gasteiger partial charge < -0.3 is 9.84 Å². The highest BCUT2D eigenvalue weighted by Crippen LogP contribution is 2.27. The maximum atomic E-state index is 12.6. The van der Waals surface area contributed by atoms with Crippen molar-refractivity contribution in [3.63, 3.8) is 0 Å². The van der Waals surface area contributed by atoms with E-state index < -0.39 is 16.1 Å². The molecule has 1 N–H and O–H groups in total. The molecular formula is C17H24ClN5O4S. The Hall–Kier alpha value is -2.01. The van der Waals surface area contributed by atoms with Gasteiger partial charge in [-0.1, -0.05) is 23.7 Å². The van der Waals surface area contributed by atoms with Gasteiger partial charge in [-0.25, -0.2) is 12.7 Å². The summed E-state index contributed by atoms with van der Waals surface area (Å²) in [4.78, 5) is 18.5. The fraction of sp³-hybridized carbons (Fsp3) is 0.471. The van der Waals surface area contributed by atoms with Crippen LogP contribution in [0.3, 0.4) is 0 Å². The molecule has 154 valence electrons. The molecule has 2 rings (SSSR count). The Kier molecular flexibility index (Phi) is 7.16. The van der Waals surface area contributed by atoms with E-state index in [0.29, 0.717) is 30.4 Å². The summed E-state index contributed by atoms with van der Waals surface area (Å²) in [6.45, 7) is 3.95. The Balaban J connectivity index is 2.11. The van der Waals surface area contributed by atoms with Gasteiger partial charge in [0.1, 0.15) is 4.90 Å². The smallest absolute Gasteiger partial charge is 0.244 e. The fourth-order valence-electron chi connectivity index (χ4n) is 2.27. The molecule has 0 aliphatic rings. The van der Waals surface area contributed by atoms with E-state index in [-0.39, 0.29) is 15.8 Å². The van der Waals surface area contributed by atoms with Crippen molar-refractivity contribution in [1.82, 2.24) is 19.3 Å². The predicted molar refractivity (Wildman–Crippen MR) is 106 cm³/mol. The number of hydrogen-bond donors (Lipinski definition) is 1. The summed E-state index contributed by atoms with van der Waals surface area (Å²) in [6, 6.07) is 3.80. The largest absolute Gasteiger partial charge is 0.338 e. The maximum Gasteiger partial charge on any atom is 0.244 e. The van der Waals surface area contributed by atoms with Crippen molar-refractivity contribution >= 4 is 33.2 Å². The number of carbonyl (C=O) groups is 1. The van der Waals surface area contributed by atoms with Gasteiger partial charge in [0, 0.05) is 26.2 Å². The van der Waals surface area contributed by atoms with Gasteiger partial charge in [-0.15, -0.1) is 0 Å². The number of nitrogens with zero attached hydrogens (tertiary/aromatic N) is 4. The first kappa shape index (κ1) is 22.3. The van der Waals surface area contributed by atoms with E-state index in [2.05, 4.69) is 15.5 Å². The zero-order valence-electron chi connectivity index (χ0n) is 16.4. The number of anilines is 1. The van der Waals surface area contributed by atoms with Crippen LogP contribution in [0, 0.1) is 0 Å². The van der Waals surface area contributed by atoms with Crippen LogP contribution in [0.4, 0.5) is 5.69 Å². The lowest BCUT2D eigenvalue weighted by Gasteiger charge is -2.22. The Bertz CT molecular complexity index is 945. The molecule has 1 aromatic carbocycles. The Morgan fingerprint density at radius 3 is 2.57 bits per heavy atom. The molecule has 1 heterocycles. The second-order valence-electron chi connectivity index (χ2n) is 6.47. The third-order valence-corrected chi connectivity index (χ3v) is 6.51. The van der Waals surface area contributed by atoms with E-state index in [4.69, 9.17) is 16.1 Å².